The minimum Gasteiger partial charge on any atom is -0.198 e. The minimum absolute atomic E-state index is 0.346. The van der Waals surface area contributed by atoms with Crippen molar-refractivity contribution in [3.63, 3.8) is 0 Å². The lowest BCUT2D eigenvalue weighted by molar-refractivity contribution is -0.0123. The van der Waals surface area contributed by atoms with Crippen molar-refractivity contribution >= 4 is 0 Å². The highest BCUT2D eigenvalue weighted by atomic mass is 14.6. The van der Waals surface area contributed by atoms with Crippen molar-refractivity contribution in [3.05, 3.63) is 35.9 Å². The Morgan fingerprint density at radius 2 is 1.86 bits per heavy atom. The standard InChI is InChI=1S/C20H27N/c1-15-11-20(17-7-5-4-6-8-17)13-16(18(15)9-10-21)12-19(2,3)14-20/h4-8,15-16,18H,9,11-14H2,1-3H3. The molecule has 1 aromatic rings. The van der Waals surface area contributed by atoms with Crippen LogP contribution in [-0.2, 0) is 5.41 Å². The molecule has 1 heteroatoms. The van der Waals surface area contributed by atoms with Gasteiger partial charge in [-0.15, -0.1) is 0 Å². The summed E-state index contributed by atoms with van der Waals surface area (Å²) >= 11 is 0. The van der Waals surface area contributed by atoms with E-state index in [1.165, 1.54) is 31.2 Å². The minimum atomic E-state index is 0.346. The summed E-state index contributed by atoms with van der Waals surface area (Å²) in [4.78, 5) is 0. The third-order valence-corrected chi connectivity index (χ3v) is 6.05. The molecule has 0 spiro atoms. The summed E-state index contributed by atoms with van der Waals surface area (Å²) in [7, 11) is 0. The topological polar surface area (TPSA) is 23.8 Å². The average Bonchev–Trinajstić information content (AvgIpc) is 2.42. The quantitative estimate of drug-likeness (QED) is 0.719. The van der Waals surface area contributed by atoms with E-state index in [1.54, 1.807) is 0 Å². The zero-order valence-corrected chi connectivity index (χ0v) is 13.6. The van der Waals surface area contributed by atoms with E-state index in [-0.39, 0.29) is 0 Å². The second-order valence-corrected chi connectivity index (χ2v) is 8.36. The van der Waals surface area contributed by atoms with Gasteiger partial charge in [0.1, 0.15) is 0 Å². The first kappa shape index (κ1) is 14.6. The molecule has 2 aliphatic carbocycles. The normalized spacial score (nSPS) is 37.7. The maximum absolute atomic E-state index is 9.19. The molecule has 1 nitrogen and oxygen atoms in total. The Morgan fingerprint density at radius 3 is 2.52 bits per heavy atom. The summed E-state index contributed by atoms with van der Waals surface area (Å²) in [6, 6.07) is 13.6. The zero-order chi connectivity index (χ0) is 15.1. The molecule has 0 saturated heterocycles. The summed E-state index contributed by atoms with van der Waals surface area (Å²) in [5.74, 6) is 1.99. The molecule has 4 atom stereocenters. The van der Waals surface area contributed by atoms with Crippen LogP contribution in [0.4, 0.5) is 0 Å². The number of hydrogen-bond acceptors (Lipinski definition) is 1. The monoisotopic (exact) mass is 281 g/mol. The largest absolute Gasteiger partial charge is 0.198 e. The van der Waals surface area contributed by atoms with Crippen molar-refractivity contribution in [1.82, 2.24) is 0 Å². The van der Waals surface area contributed by atoms with Gasteiger partial charge in [-0.3, -0.25) is 0 Å². The van der Waals surface area contributed by atoms with Gasteiger partial charge in [-0.2, -0.15) is 5.26 Å². The van der Waals surface area contributed by atoms with Crippen molar-refractivity contribution in [3.8, 4) is 6.07 Å². The Labute approximate surface area is 129 Å². The van der Waals surface area contributed by atoms with Crippen molar-refractivity contribution in [1.29, 1.82) is 5.26 Å². The molecule has 2 aliphatic rings. The molecule has 112 valence electrons. The molecule has 0 aromatic heterocycles. The predicted octanol–water partition coefficient (Wildman–Crippen LogP) is 5.32. The third kappa shape index (κ3) is 2.61. The third-order valence-electron chi connectivity index (χ3n) is 6.05. The van der Waals surface area contributed by atoms with E-state index in [0.717, 1.165) is 12.3 Å². The Kier molecular flexibility index (Phi) is 3.60. The first-order valence-electron chi connectivity index (χ1n) is 8.38. The molecular weight excluding hydrogens is 254 g/mol. The van der Waals surface area contributed by atoms with E-state index in [2.05, 4.69) is 57.2 Å². The van der Waals surface area contributed by atoms with E-state index in [9.17, 15) is 5.26 Å². The molecular formula is C20H27N. The van der Waals surface area contributed by atoms with Crippen LogP contribution in [0, 0.1) is 34.5 Å². The van der Waals surface area contributed by atoms with Crippen LogP contribution in [0.1, 0.15) is 58.4 Å². The van der Waals surface area contributed by atoms with Gasteiger partial charge < -0.3 is 0 Å². The first-order valence-corrected chi connectivity index (χ1v) is 8.38. The van der Waals surface area contributed by atoms with Crippen molar-refractivity contribution in [2.45, 2.75) is 58.3 Å². The van der Waals surface area contributed by atoms with Crippen LogP contribution in [0.25, 0.3) is 0 Å². The van der Waals surface area contributed by atoms with Gasteiger partial charge in [0.05, 0.1) is 6.07 Å². The van der Waals surface area contributed by atoms with Gasteiger partial charge in [0.25, 0.3) is 0 Å². The van der Waals surface area contributed by atoms with E-state index in [4.69, 9.17) is 0 Å². The Morgan fingerprint density at radius 1 is 1.14 bits per heavy atom. The van der Waals surface area contributed by atoms with Crippen LogP contribution < -0.4 is 0 Å². The highest BCUT2D eigenvalue weighted by Gasteiger charge is 2.52. The molecule has 2 bridgehead atoms. The highest BCUT2D eigenvalue weighted by Crippen LogP contribution is 2.60. The molecule has 1 aromatic carbocycles. The smallest absolute Gasteiger partial charge is 0.0624 e. The lowest BCUT2D eigenvalue weighted by Crippen LogP contribution is -2.49. The second-order valence-electron chi connectivity index (χ2n) is 8.36. The van der Waals surface area contributed by atoms with Gasteiger partial charge in [0.15, 0.2) is 0 Å². The number of rotatable bonds is 2. The fraction of sp³-hybridized carbons (Fsp3) is 0.650. The lowest BCUT2D eigenvalue weighted by atomic mass is 9.48. The average molecular weight is 281 g/mol. The maximum atomic E-state index is 9.19. The van der Waals surface area contributed by atoms with Gasteiger partial charge in [-0.25, -0.2) is 0 Å². The number of nitrogens with zero attached hydrogens (tertiary/aromatic N) is 1. The molecule has 0 aliphatic heterocycles. The van der Waals surface area contributed by atoms with Crippen molar-refractivity contribution < 1.29 is 0 Å². The number of nitriles is 1. The van der Waals surface area contributed by atoms with Crippen LogP contribution in [-0.4, -0.2) is 0 Å². The second kappa shape index (κ2) is 5.16. The van der Waals surface area contributed by atoms with Crippen LogP contribution in [0.3, 0.4) is 0 Å². The highest BCUT2D eigenvalue weighted by molar-refractivity contribution is 5.29. The van der Waals surface area contributed by atoms with Gasteiger partial charge in [0.2, 0.25) is 0 Å². The Balaban J connectivity index is 2.00. The van der Waals surface area contributed by atoms with Crippen molar-refractivity contribution in [2.24, 2.45) is 23.2 Å². The first-order chi connectivity index (χ1) is 9.96. The number of hydrogen-bond donors (Lipinski definition) is 0. The molecule has 0 radical (unpaired) electrons. The molecule has 21 heavy (non-hydrogen) atoms. The summed E-state index contributed by atoms with van der Waals surface area (Å²) in [6.45, 7) is 7.23. The number of fused-ring (bicyclic) bond motifs is 2. The maximum Gasteiger partial charge on any atom is 0.0624 e. The van der Waals surface area contributed by atoms with E-state index >= 15 is 0 Å². The molecule has 2 fully saturated rings. The van der Waals surface area contributed by atoms with Crippen LogP contribution in [0.5, 0.6) is 0 Å². The SMILES string of the molecule is CC1CC2(c3ccccc3)CC(CC(C)(C)C2)C1CC#N. The predicted molar refractivity (Wildman–Crippen MR) is 86.7 cm³/mol. The molecule has 4 unspecified atom stereocenters. The van der Waals surface area contributed by atoms with Gasteiger partial charge in [-0.1, -0.05) is 51.1 Å². The number of benzene rings is 1. The summed E-state index contributed by atoms with van der Waals surface area (Å²) in [5, 5.41) is 9.19. The van der Waals surface area contributed by atoms with Gasteiger partial charge >= 0.3 is 0 Å². The summed E-state index contributed by atoms with van der Waals surface area (Å²) in [6.07, 6.45) is 5.87. The lowest BCUT2D eigenvalue weighted by Gasteiger charge is -2.56. The fourth-order valence-corrected chi connectivity index (χ4v) is 5.64. The van der Waals surface area contributed by atoms with Gasteiger partial charge in [-0.05, 0) is 59.8 Å². The van der Waals surface area contributed by atoms with Gasteiger partial charge in [0, 0.05) is 6.42 Å². The van der Waals surface area contributed by atoms with E-state index in [1.807, 2.05) is 0 Å². The molecule has 0 heterocycles. The van der Waals surface area contributed by atoms with Crippen molar-refractivity contribution in [2.75, 3.05) is 0 Å². The Hall–Kier alpha value is -1.29. The Bertz CT molecular complexity index is 535. The zero-order valence-electron chi connectivity index (χ0n) is 13.6. The fourth-order valence-electron chi connectivity index (χ4n) is 5.64. The summed E-state index contributed by atoms with van der Waals surface area (Å²) in [5.41, 5.74) is 2.27. The van der Waals surface area contributed by atoms with Crippen LogP contribution in [0.2, 0.25) is 0 Å². The van der Waals surface area contributed by atoms with Crippen LogP contribution >= 0.6 is 0 Å². The molecule has 0 amide bonds. The molecule has 0 N–H and O–H groups in total. The van der Waals surface area contributed by atoms with E-state index < -0.39 is 0 Å². The molecule has 3 rings (SSSR count). The molecule has 2 saturated carbocycles. The van der Waals surface area contributed by atoms with E-state index in [0.29, 0.717) is 22.7 Å². The van der Waals surface area contributed by atoms with Crippen LogP contribution in [0.15, 0.2) is 30.3 Å². The summed E-state index contributed by atoms with van der Waals surface area (Å²) < 4.78 is 0.